The summed E-state index contributed by atoms with van der Waals surface area (Å²) < 4.78 is 34.2. The number of esters is 1. The average Bonchev–Trinajstić information content (AvgIpc) is 3.03. The Morgan fingerprint density at radius 1 is 1.31 bits per heavy atom. The third-order valence-electron chi connectivity index (χ3n) is 4.56. The molecule has 0 fully saturated rings. The lowest BCUT2D eigenvalue weighted by molar-refractivity contribution is -0.145. The van der Waals surface area contributed by atoms with Crippen LogP contribution in [0.2, 0.25) is 0 Å². The number of aromatic nitrogens is 2. The normalized spacial score (nSPS) is 17.7. The molecule has 26 heavy (non-hydrogen) atoms. The molecule has 1 atom stereocenters. The van der Waals surface area contributed by atoms with E-state index in [1.807, 2.05) is 10.6 Å². The van der Waals surface area contributed by atoms with E-state index in [0.717, 1.165) is 24.4 Å². The second kappa shape index (κ2) is 7.59. The van der Waals surface area contributed by atoms with E-state index in [9.17, 15) is 13.2 Å². The summed E-state index contributed by atoms with van der Waals surface area (Å²) in [5, 5.41) is 0. The van der Waals surface area contributed by atoms with E-state index in [0.29, 0.717) is 5.56 Å². The molecule has 3 rings (SSSR count). The van der Waals surface area contributed by atoms with Crippen LogP contribution < -0.4 is 0 Å². The number of ether oxygens (including phenoxy) is 1. The maximum absolute atomic E-state index is 13.1. The van der Waals surface area contributed by atoms with Crippen LogP contribution in [0.1, 0.15) is 30.3 Å². The van der Waals surface area contributed by atoms with Crippen LogP contribution in [0.4, 0.5) is 0 Å². The second-order valence-electron chi connectivity index (χ2n) is 6.36. The smallest absolute Gasteiger partial charge is 0.324 e. The summed E-state index contributed by atoms with van der Waals surface area (Å²) >= 11 is 0. The van der Waals surface area contributed by atoms with Gasteiger partial charge in [-0.3, -0.25) is 4.79 Å². The number of aryl methyl sites for hydroxylation is 1. The standard InChI is InChI=1S/C18H23N3O4S/c1-3-9-20-13-19-15-10-16(18(22)25-2)21(11-17(15)20)26(23,24)12-14-7-5-4-6-8-14/h4-8,13,16H,3,9-12H2,1-2H3/t16-/m0/s1. The molecular formula is C18H23N3O4S. The summed E-state index contributed by atoms with van der Waals surface area (Å²) in [5.41, 5.74) is 2.30. The molecule has 7 nitrogen and oxygen atoms in total. The van der Waals surface area contributed by atoms with Crippen molar-refractivity contribution in [1.82, 2.24) is 13.9 Å². The van der Waals surface area contributed by atoms with E-state index in [1.54, 1.807) is 30.6 Å². The molecule has 8 heteroatoms. The Morgan fingerprint density at radius 3 is 2.69 bits per heavy atom. The van der Waals surface area contributed by atoms with Crippen LogP contribution in [-0.4, -0.2) is 41.4 Å². The maximum atomic E-state index is 13.1. The highest BCUT2D eigenvalue weighted by molar-refractivity contribution is 7.88. The van der Waals surface area contributed by atoms with Gasteiger partial charge in [-0.2, -0.15) is 4.31 Å². The molecule has 140 valence electrons. The highest BCUT2D eigenvalue weighted by atomic mass is 32.2. The monoisotopic (exact) mass is 377 g/mol. The van der Waals surface area contributed by atoms with Gasteiger partial charge in [-0.1, -0.05) is 37.3 Å². The molecule has 0 saturated carbocycles. The van der Waals surface area contributed by atoms with Crippen LogP contribution in [-0.2, 0) is 44.8 Å². The van der Waals surface area contributed by atoms with E-state index in [1.165, 1.54) is 11.4 Å². The lowest BCUT2D eigenvalue weighted by Crippen LogP contribution is -2.49. The highest BCUT2D eigenvalue weighted by Gasteiger charge is 2.41. The maximum Gasteiger partial charge on any atom is 0.324 e. The third-order valence-corrected chi connectivity index (χ3v) is 6.36. The molecule has 0 unspecified atom stereocenters. The highest BCUT2D eigenvalue weighted by Crippen LogP contribution is 2.27. The van der Waals surface area contributed by atoms with Gasteiger partial charge in [0.25, 0.3) is 0 Å². The fourth-order valence-electron chi connectivity index (χ4n) is 3.28. The average molecular weight is 377 g/mol. The van der Waals surface area contributed by atoms with Gasteiger partial charge in [0.1, 0.15) is 6.04 Å². The van der Waals surface area contributed by atoms with E-state index >= 15 is 0 Å². The van der Waals surface area contributed by atoms with Crippen molar-refractivity contribution in [3.63, 3.8) is 0 Å². The number of nitrogens with zero attached hydrogens (tertiary/aromatic N) is 3. The number of carbonyl (C=O) groups excluding carboxylic acids is 1. The first-order valence-electron chi connectivity index (χ1n) is 8.60. The minimum atomic E-state index is -3.70. The first-order chi connectivity index (χ1) is 12.5. The van der Waals surface area contributed by atoms with Crippen molar-refractivity contribution in [3.8, 4) is 0 Å². The van der Waals surface area contributed by atoms with Gasteiger partial charge < -0.3 is 9.30 Å². The number of methoxy groups -OCH3 is 1. The Balaban J connectivity index is 1.95. The molecule has 0 aliphatic carbocycles. The number of imidazole rings is 1. The number of fused-ring (bicyclic) bond motifs is 1. The van der Waals surface area contributed by atoms with Gasteiger partial charge in [-0.05, 0) is 12.0 Å². The van der Waals surface area contributed by atoms with Gasteiger partial charge >= 0.3 is 5.97 Å². The summed E-state index contributed by atoms with van der Waals surface area (Å²) in [4.78, 5) is 16.6. The second-order valence-corrected chi connectivity index (χ2v) is 8.28. The van der Waals surface area contributed by atoms with Crippen molar-refractivity contribution >= 4 is 16.0 Å². The molecule has 1 aromatic heterocycles. The number of hydrogen-bond donors (Lipinski definition) is 0. The molecule has 0 saturated heterocycles. The van der Waals surface area contributed by atoms with E-state index in [4.69, 9.17) is 4.74 Å². The number of sulfonamides is 1. The predicted molar refractivity (Wildman–Crippen MR) is 96.6 cm³/mol. The van der Waals surface area contributed by atoms with Crippen LogP contribution in [0.5, 0.6) is 0 Å². The largest absolute Gasteiger partial charge is 0.468 e. The van der Waals surface area contributed by atoms with Gasteiger partial charge in [-0.15, -0.1) is 0 Å². The minimum Gasteiger partial charge on any atom is -0.468 e. The molecule has 1 aliphatic rings. The lowest BCUT2D eigenvalue weighted by Gasteiger charge is -2.33. The van der Waals surface area contributed by atoms with Gasteiger partial charge in [0.05, 0.1) is 37.1 Å². The summed E-state index contributed by atoms with van der Waals surface area (Å²) in [7, 11) is -2.43. The molecule has 1 aromatic carbocycles. The Bertz CT molecular complexity index is 877. The number of rotatable bonds is 6. The van der Waals surface area contributed by atoms with Gasteiger partial charge in [0.15, 0.2) is 0 Å². The predicted octanol–water partition coefficient (Wildman–Crippen LogP) is 1.72. The van der Waals surface area contributed by atoms with Crippen molar-refractivity contribution in [2.45, 2.75) is 44.6 Å². The number of carbonyl (C=O) groups is 1. The molecule has 0 spiro atoms. The van der Waals surface area contributed by atoms with Crippen molar-refractivity contribution in [3.05, 3.63) is 53.6 Å². The Kier molecular flexibility index (Phi) is 5.43. The zero-order valence-electron chi connectivity index (χ0n) is 15.0. The first kappa shape index (κ1) is 18.6. The molecule has 0 N–H and O–H groups in total. The van der Waals surface area contributed by atoms with Crippen molar-refractivity contribution in [2.24, 2.45) is 0 Å². The van der Waals surface area contributed by atoms with Crippen LogP contribution >= 0.6 is 0 Å². The molecule has 2 heterocycles. The van der Waals surface area contributed by atoms with Gasteiger partial charge in [-0.25, -0.2) is 13.4 Å². The number of benzene rings is 1. The van der Waals surface area contributed by atoms with Crippen LogP contribution in [0.25, 0.3) is 0 Å². The minimum absolute atomic E-state index is 0.129. The summed E-state index contributed by atoms with van der Waals surface area (Å²) in [5.74, 6) is -0.712. The van der Waals surface area contributed by atoms with E-state index in [2.05, 4.69) is 11.9 Å². The van der Waals surface area contributed by atoms with E-state index < -0.39 is 22.0 Å². The first-order valence-corrected chi connectivity index (χ1v) is 10.2. The van der Waals surface area contributed by atoms with Crippen molar-refractivity contribution in [2.75, 3.05) is 7.11 Å². The lowest BCUT2D eigenvalue weighted by atomic mass is 10.1. The molecule has 0 bridgehead atoms. The third kappa shape index (κ3) is 3.66. The molecule has 1 aliphatic heterocycles. The summed E-state index contributed by atoms with van der Waals surface area (Å²) in [6, 6.07) is 8.08. The zero-order valence-corrected chi connectivity index (χ0v) is 15.8. The van der Waals surface area contributed by atoms with Gasteiger partial charge in [0, 0.05) is 13.0 Å². The fourth-order valence-corrected chi connectivity index (χ4v) is 4.92. The number of hydrogen-bond acceptors (Lipinski definition) is 5. The van der Waals surface area contributed by atoms with Crippen LogP contribution in [0, 0.1) is 0 Å². The van der Waals surface area contributed by atoms with Crippen molar-refractivity contribution < 1.29 is 17.9 Å². The van der Waals surface area contributed by atoms with Crippen molar-refractivity contribution in [1.29, 1.82) is 0 Å². The van der Waals surface area contributed by atoms with Gasteiger partial charge in [0.2, 0.25) is 10.0 Å². The molecule has 0 radical (unpaired) electrons. The fraction of sp³-hybridized carbons (Fsp3) is 0.444. The van der Waals surface area contributed by atoms with E-state index in [-0.39, 0.29) is 18.7 Å². The molecule has 2 aromatic rings. The zero-order chi connectivity index (χ0) is 18.7. The summed E-state index contributed by atoms with van der Waals surface area (Å²) in [6.45, 7) is 2.94. The summed E-state index contributed by atoms with van der Waals surface area (Å²) in [6.07, 6.45) is 2.86. The molecular weight excluding hydrogens is 354 g/mol. The Morgan fingerprint density at radius 2 is 2.04 bits per heavy atom. The van der Waals surface area contributed by atoms with Crippen LogP contribution in [0.3, 0.4) is 0 Å². The quantitative estimate of drug-likeness (QED) is 0.716. The molecule has 0 amide bonds. The SMILES string of the molecule is CCCn1cnc2c1CN(S(=O)(=O)Cc1ccccc1)[C@H](C(=O)OC)C2. The Labute approximate surface area is 153 Å². The topological polar surface area (TPSA) is 81.5 Å². The Hall–Kier alpha value is -2.19. The van der Waals surface area contributed by atoms with Crippen LogP contribution in [0.15, 0.2) is 36.7 Å².